The number of likely N-dealkylation sites (tertiary alicyclic amines) is 1. The summed E-state index contributed by atoms with van der Waals surface area (Å²) in [5, 5.41) is 5.65. The quantitative estimate of drug-likeness (QED) is 0.772. The Morgan fingerprint density at radius 1 is 1.05 bits per heavy atom. The number of nitrogens with one attached hydrogen (secondary N) is 2. The van der Waals surface area contributed by atoms with Crippen molar-refractivity contribution in [1.82, 2.24) is 15.5 Å². The molecule has 2 N–H and O–H groups in total. The summed E-state index contributed by atoms with van der Waals surface area (Å²) < 4.78 is 0. The van der Waals surface area contributed by atoms with Crippen LogP contribution in [0.3, 0.4) is 0 Å². The molecule has 1 aliphatic rings. The van der Waals surface area contributed by atoms with Crippen molar-refractivity contribution in [3.63, 3.8) is 0 Å². The van der Waals surface area contributed by atoms with Gasteiger partial charge in [-0.2, -0.15) is 0 Å². The zero-order valence-electron chi connectivity index (χ0n) is 13.1. The van der Waals surface area contributed by atoms with Crippen molar-refractivity contribution < 1.29 is 9.59 Å². The van der Waals surface area contributed by atoms with E-state index in [1.807, 2.05) is 13.8 Å². The summed E-state index contributed by atoms with van der Waals surface area (Å²) >= 11 is 0. The summed E-state index contributed by atoms with van der Waals surface area (Å²) in [7, 11) is 1.63. The van der Waals surface area contributed by atoms with Gasteiger partial charge in [0.1, 0.15) is 0 Å². The highest BCUT2D eigenvalue weighted by Crippen LogP contribution is 2.12. The van der Waals surface area contributed by atoms with Crippen LogP contribution in [-0.2, 0) is 9.59 Å². The minimum absolute atomic E-state index is 0.0137. The lowest BCUT2D eigenvalue weighted by Crippen LogP contribution is -2.48. The Morgan fingerprint density at radius 2 is 1.65 bits per heavy atom. The van der Waals surface area contributed by atoms with Crippen LogP contribution in [0.15, 0.2) is 0 Å². The third kappa shape index (κ3) is 6.89. The van der Waals surface area contributed by atoms with Crippen LogP contribution in [0.1, 0.15) is 52.4 Å². The van der Waals surface area contributed by atoms with Gasteiger partial charge < -0.3 is 10.6 Å². The zero-order valence-corrected chi connectivity index (χ0v) is 13.1. The first-order valence-electron chi connectivity index (χ1n) is 7.67. The molecule has 0 aromatic heterocycles. The van der Waals surface area contributed by atoms with Crippen molar-refractivity contribution in [2.75, 3.05) is 26.7 Å². The topological polar surface area (TPSA) is 61.4 Å². The molecule has 0 atom stereocenters. The van der Waals surface area contributed by atoms with E-state index in [2.05, 4.69) is 15.5 Å². The predicted octanol–water partition coefficient (Wildman–Crippen LogP) is 1.28. The SMILES string of the molecule is CNC(=O)CCC(C)(C)NC(=O)CN1CCCCCC1. The molecule has 0 radical (unpaired) electrons. The molecule has 2 amide bonds. The largest absolute Gasteiger partial charge is 0.359 e. The number of nitrogens with zero attached hydrogens (tertiary/aromatic N) is 1. The van der Waals surface area contributed by atoms with Gasteiger partial charge in [-0.15, -0.1) is 0 Å². The van der Waals surface area contributed by atoms with Gasteiger partial charge in [-0.05, 0) is 46.2 Å². The van der Waals surface area contributed by atoms with E-state index in [0.717, 1.165) is 13.1 Å². The maximum absolute atomic E-state index is 12.1. The second-order valence-electron chi connectivity index (χ2n) is 6.30. The van der Waals surface area contributed by atoms with Gasteiger partial charge in [0.15, 0.2) is 0 Å². The van der Waals surface area contributed by atoms with E-state index in [9.17, 15) is 9.59 Å². The highest BCUT2D eigenvalue weighted by molar-refractivity contribution is 5.79. The highest BCUT2D eigenvalue weighted by Gasteiger charge is 2.22. The summed E-state index contributed by atoms with van der Waals surface area (Å²) in [6.45, 7) is 6.45. The molecule has 20 heavy (non-hydrogen) atoms. The van der Waals surface area contributed by atoms with E-state index in [-0.39, 0.29) is 17.4 Å². The smallest absolute Gasteiger partial charge is 0.234 e. The van der Waals surface area contributed by atoms with Crippen LogP contribution in [0.2, 0.25) is 0 Å². The highest BCUT2D eigenvalue weighted by atomic mass is 16.2. The van der Waals surface area contributed by atoms with E-state index in [4.69, 9.17) is 0 Å². The molecule has 1 rings (SSSR count). The van der Waals surface area contributed by atoms with Crippen molar-refractivity contribution in [2.45, 2.75) is 57.9 Å². The van der Waals surface area contributed by atoms with Crippen LogP contribution in [-0.4, -0.2) is 48.9 Å². The van der Waals surface area contributed by atoms with Crippen LogP contribution < -0.4 is 10.6 Å². The van der Waals surface area contributed by atoms with E-state index < -0.39 is 0 Å². The molecular weight excluding hydrogens is 254 g/mol. The Balaban J connectivity index is 2.33. The third-order valence-electron chi connectivity index (χ3n) is 3.80. The van der Waals surface area contributed by atoms with Crippen molar-refractivity contribution in [3.8, 4) is 0 Å². The molecule has 5 heteroatoms. The molecule has 0 bridgehead atoms. The van der Waals surface area contributed by atoms with Crippen LogP contribution in [0.5, 0.6) is 0 Å². The van der Waals surface area contributed by atoms with Gasteiger partial charge in [0.25, 0.3) is 0 Å². The molecular formula is C15H29N3O2. The number of hydrogen-bond acceptors (Lipinski definition) is 3. The van der Waals surface area contributed by atoms with E-state index in [1.165, 1.54) is 25.7 Å². The first-order chi connectivity index (χ1) is 9.43. The van der Waals surface area contributed by atoms with E-state index in [0.29, 0.717) is 19.4 Å². The molecule has 116 valence electrons. The Labute approximate surface area is 122 Å². The average molecular weight is 283 g/mol. The lowest BCUT2D eigenvalue weighted by Gasteiger charge is -2.28. The normalized spacial score (nSPS) is 17.4. The number of hydrogen-bond donors (Lipinski definition) is 2. The number of carbonyl (C=O) groups excluding carboxylic acids is 2. The number of amides is 2. The van der Waals surface area contributed by atoms with Gasteiger partial charge in [-0.3, -0.25) is 14.5 Å². The lowest BCUT2D eigenvalue weighted by atomic mass is 9.98. The van der Waals surface area contributed by atoms with Gasteiger partial charge in [-0.25, -0.2) is 0 Å². The fourth-order valence-corrected chi connectivity index (χ4v) is 2.53. The van der Waals surface area contributed by atoms with Crippen LogP contribution in [0.25, 0.3) is 0 Å². The molecule has 0 aromatic carbocycles. The molecule has 1 aliphatic heterocycles. The van der Waals surface area contributed by atoms with Gasteiger partial charge >= 0.3 is 0 Å². The summed E-state index contributed by atoms with van der Waals surface area (Å²) in [5.41, 5.74) is -0.338. The first kappa shape index (κ1) is 17.0. The van der Waals surface area contributed by atoms with Crippen molar-refractivity contribution >= 4 is 11.8 Å². The van der Waals surface area contributed by atoms with E-state index >= 15 is 0 Å². The van der Waals surface area contributed by atoms with Gasteiger partial charge in [-0.1, -0.05) is 12.8 Å². The summed E-state index contributed by atoms with van der Waals surface area (Å²) in [6.07, 6.45) is 6.01. The minimum atomic E-state index is -0.338. The molecule has 1 fully saturated rings. The standard InChI is InChI=1S/C15H29N3O2/c1-15(2,9-8-13(19)16-3)17-14(20)12-18-10-6-4-5-7-11-18/h4-12H2,1-3H3,(H,16,19)(H,17,20). The number of carbonyl (C=O) groups is 2. The molecule has 1 heterocycles. The average Bonchev–Trinajstić information content (AvgIpc) is 2.63. The molecule has 0 spiro atoms. The molecule has 5 nitrogen and oxygen atoms in total. The van der Waals surface area contributed by atoms with E-state index in [1.54, 1.807) is 7.05 Å². The number of rotatable bonds is 6. The second kappa shape index (κ2) is 8.25. The summed E-state index contributed by atoms with van der Waals surface area (Å²) in [4.78, 5) is 25.6. The zero-order chi connectivity index (χ0) is 15.0. The molecule has 0 unspecified atom stereocenters. The predicted molar refractivity (Wildman–Crippen MR) is 80.4 cm³/mol. The molecule has 0 saturated carbocycles. The second-order valence-corrected chi connectivity index (χ2v) is 6.30. The lowest BCUT2D eigenvalue weighted by molar-refractivity contribution is -0.125. The van der Waals surface area contributed by atoms with Crippen molar-refractivity contribution in [1.29, 1.82) is 0 Å². The Kier molecular flexibility index (Phi) is 6.99. The summed E-state index contributed by atoms with van der Waals surface area (Å²) in [5.74, 6) is 0.0775. The summed E-state index contributed by atoms with van der Waals surface area (Å²) in [6, 6.07) is 0. The van der Waals surface area contributed by atoms with Crippen LogP contribution in [0.4, 0.5) is 0 Å². The maximum atomic E-state index is 12.1. The fraction of sp³-hybridized carbons (Fsp3) is 0.867. The molecule has 0 aliphatic carbocycles. The fourth-order valence-electron chi connectivity index (χ4n) is 2.53. The van der Waals surface area contributed by atoms with Gasteiger partial charge in [0, 0.05) is 19.0 Å². The molecule has 1 saturated heterocycles. The Hall–Kier alpha value is -1.10. The van der Waals surface area contributed by atoms with Gasteiger partial charge in [0.2, 0.25) is 11.8 Å². The Bertz CT molecular complexity index is 321. The van der Waals surface area contributed by atoms with Crippen molar-refractivity contribution in [3.05, 3.63) is 0 Å². The monoisotopic (exact) mass is 283 g/mol. The van der Waals surface area contributed by atoms with Crippen LogP contribution >= 0.6 is 0 Å². The Morgan fingerprint density at radius 3 is 2.20 bits per heavy atom. The minimum Gasteiger partial charge on any atom is -0.359 e. The first-order valence-corrected chi connectivity index (χ1v) is 7.67. The van der Waals surface area contributed by atoms with Gasteiger partial charge in [0.05, 0.1) is 6.54 Å². The maximum Gasteiger partial charge on any atom is 0.234 e. The van der Waals surface area contributed by atoms with Crippen LogP contribution in [0, 0.1) is 0 Å². The third-order valence-corrected chi connectivity index (χ3v) is 3.80. The molecule has 0 aromatic rings. The van der Waals surface area contributed by atoms with Crippen molar-refractivity contribution in [2.24, 2.45) is 0 Å².